The fourth-order valence-corrected chi connectivity index (χ4v) is 3.97. The number of hydrogen-bond donors (Lipinski definition) is 2. The van der Waals surface area contributed by atoms with E-state index in [4.69, 9.17) is 4.74 Å². The number of aliphatic hydroxyl groups is 1. The third-order valence-corrected chi connectivity index (χ3v) is 5.15. The maximum atomic E-state index is 10.5. The van der Waals surface area contributed by atoms with Gasteiger partial charge in [0, 0.05) is 6.42 Å². The summed E-state index contributed by atoms with van der Waals surface area (Å²) in [5.74, 6) is 0.817. The molecule has 1 aliphatic carbocycles. The van der Waals surface area contributed by atoms with Crippen molar-refractivity contribution in [2.75, 3.05) is 13.1 Å². The maximum Gasteiger partial charge on any atom is 0.163 e. The molecule has 0 radical (unpaired) electrons. The van der Waals surface area contributed by atoms with Gasteiger partial charge in [-0.25, -0.2) is 0 Å². The summed E-state index contributed by atoms with van der Waals surface area (Å²) in [6.07, 6.45) is 9.15. The Kier molecular flexibility index (Phi) is 3.00. The van der Waals surface area contributed by atoms with Crippen LogP contribution in [0.25, 0.3) is 0 Å². The Balaban J connectivity index is 1.62. The molecular weight excluding hydrogens is 254 g/mol. The van der Waals surface area contributed by atoms with Crippen LogP contribution in [0.4, 0.5) is 0 Å². The van der Waals surface area contributed by atoms with E-state index >= 15 is 0 Å². The van der Waals surface area contributed by atoms with E-state index in [1.165, 1.54) is 25.7 Å². The Morgan fingerprint density at radius 2 is 2.05 bits per heavy atom. The number of fused-ring (bicyclic) bond motifs is 1. The van der Waals surface area contributed by atoms with Crippen molar-refractivity contribution in [2.45, 2.75) is 62.7 Å². The molecule has 5 heteroatoms. The van der Waals surface area contributed by atoms with Gasteiger partial charge in [0.15, 0.2) is 5.75 Å². The minimum atomic E-state index is -0.473. The van der Waals surface area contributed by atoms with Crippen LogP contribution in [-0.2, 0) is 0 Å². The topological polar surface area (TPSA) is 59.3 Å². The van der Waals surface area contributed by atoms with Crippen LogP contribution < -0.4 is 10.1 Å². The molecule has 5 nitrogen and oxygen atoms in total. The van der Waals surface area contributed by atoms with Crippen LogP contribution in [0, 0.1) is 0 Å². The largest absolute Gasteiger partial charge is 0.483 e. The fraction of sp³-hybridized carbons (Fsp3) is 0.800. The molecule has 3 heterocycles. The van der Waals surface area contributed by atoms with Gasteiger partial charge in [-0.2, -0.15) is 5.10 Å². The van der Waals surface area contributed by atoms with E-state index < -0.39 is 6.10 Å². The van der Waals surface area contributed by atoms with E-state index in [2.05, 4.69) is 10.4 Å². The van der Waals surface area contributed by atoms with Crippen LogP contribution >= 0.6 is 0 Å². The number of aromatic nitrogens is 2. The molecule has 0 amide bonds. The van der Waals surface area contributed by atoms with E-state index in [1.54, 1.807) is 0 Å². The van der Waals surface area contributed by atoms with E-state index in [-0.39, 0.29) is 5.60 Å². The number of nitrogens with zero attached hydrogens (tertiary/aromatic N) is 2. The molecule has 2 aliphatic heterocycles. The second kappa shape index (κ2) is 4.74. The van der Waals surface area contributed by atoms with Crippen molar-refractivity contribution in [3.8, 4) is 5.75 Å². The molecule has 1 aromatic heterocycles. The summed E-state index contributed by atoms with van der Waals surface area (Å²) < 4.78 is 8.33. The van der Waals surface area contributed by atoms with Gasteiger partial charge in [0.2, 0.25) is 0 Å². The highest BCUT2D eigenvalue weighted by molar-refractivity contribution is 5.31. The third-order valence-electron chi connectivity index (χ3n) is 5.15. The Morgan fingerprint density at radius 3 is 2.80 bits per heavy atom. The first-order valence-corrected chi connectivity index (χ1v) is 7.93. The van der Waals surface area contributed by atoms with Gasteiger partial charge in [0.1, 0.15) is 17.4 Å². The highest BCUT2D eigenvalue weighted by Crippen LogP contribution is 2.43. The number of aliphatic hydroxyl groups excluding tert-OH is 1. The van der Waals surface area contributed by atoms with Crippen molar-refractivity contribution in [1.29, 1.82) is 0 Å². The molecule has 20 heavy (non-hydrogen) atoms. The van der Waals surface area contributed by atoms with Gasteiger partial charge in [-0.3, -0.25) is 4.68 Å². The predicted molar refractivity (Wildman–Crippen MR) is 74.8 cm³/mol. The van der Waals surface area contributed by atoms with Crippen LogP contribution in [0.5, 0.6) is 5.75 Å². The maximum absolute atomic E-state index is 10.5. The van der Waals surface area contributed by atoms with Crippen molar-refractivity contribution < 1.29 is 9.84 Å². The molecule has 1 spiro atoms. The smallest absolute Gasteiger partial charge is 0.163 e. The monoisotopic (exact) mass is 277 g/mol. The number of piperidine rings is 1. The minimum Gasteiger partial charge on any atom is -0.483 e. The summed E-state index contributed by atoms with van der Waals surface area (Å²) >= 11 is 0. The molecule has 0 aromatic carbocycles. The lowest BCUT2D eigenvalue weighted by Gasteiger charge is -2.41. The molecule has 1 saturated heterocycles. The first-order chi connectivity index (χ1) is 9.76. The molecule has 1 aromatic rings. The summed E-state index contributed by atoms with van der Waals surface area (Å²) in [6, 6.07) is 0.500. The Bertz CT molecular complexity index is 487. The molecule has 0 bridgehead atoms. The van der Waals surface area contributed by atoms with Crippen LogP contribution in [0.2, 0.25) is 0 Å². The number of rotatable bonds is 1. The van der Waals surface area contributed by atoms with E-state index in [9.17, 15) is 5.11 Å². The molecule has 110 valence electrons. The number of nitrogens with one attached hydrogen (secondary N) is 1. The molecule has 1 saturated carbocycles. The van der Waals surface area contributed by atoms with Crippen molar-refractivity contribution in [1.82, 2.24) is 15.1 Å². The average molecular weight is 277 g/mol. The lowest BCUT2D eigenvalue weighted by atomic mass is 9.84. The molecule has 4 rings (SSSR count). The summed E-state index contributed by atoms with van der Waals surface area (Å²) in [6.45, 7) is 1.94. The van der Waals surface area contributed by atoms with Crippen molar-refractivity contribution in [3.63, 3.8) is 0 Å². The van der Waals surface area contributed by atoms with Crippen molar-refractivity contribution in [2.24, 2.45) is 0 Å². The molecule has 1 unspecified atom stereocenters. The summed E-state index contributed by atoms with van der Waals surface area (Å²) in [5.41, 5.74) is 0.572. The lowest BCUT2D eigenvalue weighted by Crippen LogP contribution is -2.49. The van der Waals surface area contributed by atoms with Gasteiger partial charge in [-0.15, -0.1) is 0 Å². The van der Waals surface area contributed by atoms with E-state index in [1.807, 2.05) is 10.9 Å². The minimum absolute atomic E-state index is 0.179. The highest BCUT2D eigenvalue weighted by atomic mass is 16.5. The van der Waals surface area contributed by atoms with Crippen LogP contribution in [0.1, 0.15) is 62.8 Å². The second-order valence-corrected chi connectivity index (χ2v) is 6.55. The molecule has 2 fully saturated rings. The van der Waals surface area contributed by atoms with Gasteiger partial charge in [-0.1, -0.05) is 12.8 Å². The van der Waals surface area contributed by atoms with Crippen molar-refractivity contribution >= 4 is 0 Å². The van der Waals surface area contributed by atoms with Gasteiger partial charge in [0.05, 0.1) is 12.2 Å². The number of ether oxygens (including phenoxy) is 1. The normalized spacial score (nSPS) is 29.4. The van der Waals surface area contributed by atoms with Crippen LogP contribution in [0.3, 0.4) is 0 Å². The SMILES string of the molecule is OC1CC2(CCNCC2)Oc2cn(C3CCCC3)nc21. The molecule has 1 atom stereocenters. The Labute approximate surface area is 119 Å². The van der Waals surface area contributed by atoms with E-state index in [0.29, 0.717) is 12.5 Å². The van der Waals surface area contributed by atoms with Gasteiger partial charge in [-0.05, 0) is 38.8 Å². The summed E-state index contributed by atoms with van der Waals surface area (Å²) in [7, 11) is 0. The lowest BCUT2D eigenvalue weighted by molar-refractivity contribution is -0.0347. The quantitative estimate of drug-likeness (QED) is 0.823. The highest BCUT2D eigenvalue weighted by Gasteiger charge is 2.43. The number of hydrogen-bond acceptors (Lipinski definition) is 4. The van der Waals surface area contributed by atoms with E-state index in [0.717, 1.165) is 37.4 Å². The zero-order valence-corrected chi connectivity index (χ0v) is 11.8. The fourth-order valence-electron chi connectivity index (χ4n) is 3.97. The summed E-state index contributed by atoms with van der Waals surface area (Å²) in [5, 5.41) is 18.4. The average Bonchev–Trinajstić information content (AvgIpc) is 3.07. The van der Waals surface area contributed by atoms with Crippen LogP contribution in [0.15, 0.2) is 6.20 Å². The second-order valence-electron chi connectivity index (χ2n) is 6.55. The van der Waals surface area contributed by atoms with Gasteiger partial charge >= 0.3 is 0 Å². The third kappa shape index (κ3) is 2.04. The molecule has 2 N–H and O–H groups in total. The first-order valence-electron chi connectivity index (χ1n) is 7.93. The van der Waals surface area contributed by atoms with Gasteiger partial charge in [0.25, 0.3) is 0 Å². The standard InChI is InChI=1S/C15H23N3O2/c19-12-9-15(5-7-16-8-6-15)20-13-10-18(17-14(12)13)11-3-1-2-4-11/h10-12,16,19H,1-9H2. The van der Waals surface area contributed by atoms with Crippen molar-refractivity contribution in [3.05, 3.63) is 11.9 Å². The molecular formula is C15H23N3O2. The van der Waals surface area contributed by atoms with Crippen LogP contribution in [-0.4, -0.2) is 33.6 Å². The van der Waals surface area contributed by atoms with Gasteiger partial charge < -0.3 is 15.2 Å². The molecule has 3 aliphatic rings. The zero-order chi connectivity index (χ0) is 13.6. The Hall–Kier alpha value is -1.07. The summed E-state index contributed by atoms with van der Waals surface area (Å²) in [4.78, 5) is 0. The first kappa shape index (κ1) is 12.7. The zero-order valence-electron chi connectivity index (χ0n) is 11.8. The predicted octanol–water partition coefficient (Wildman–Crippen LogP) is 1.94. The Morgan fingerprint density at radius 1 is 1.30 bits per heavy atom.